The first-order valence-electron chi connectivity index (χ1n) is 10.6. The molecule has 3 rings (SSSR count). The highest BCUT2D eigenvalue weighted by Crippen LogP contribution is 2.19. The summed E-state index contributed by atoms with van der Waals surface area (Å²) < 4.78 is 10.6. The fourth-order valence-electron chi connectivity index (χ4n) is 3.66. The van der Waals surface area contributed by atoms with Crippen LogP contribution in [0, 0.1) is 6.92 Å². The maximum absolute atomic E-state index is 12.1. The number of benzene rings is 2. The standard InChI is InChI=1S/C24H27N3O6/c1-16-11-17(14-33-24(31)25-12-18-5-3-4-6-21(18)32-2)7-8-19(16)13-27(15-28)20-9-10-22(29)26-23(20)30/h3-8,11,15,20H,9-10,12-14H2,1-2H3,(H,25,31)(H,26,29,30). The lowest BCUT2D eigenvalue weighted by molar-refractivity contribution is -0.141. The van der Waals surface area contributed by atoms with E-state index in [2.05, 4.69) is 10.6 Å². The van der Waals surface area contributed by atoms with Crippen molar-refractivity contribution in [2.75, 3.05) is 7.11 Å². The summed E-state index contributed by atoms with van der Waals surface area (Å²) >= 11 is 0. The number of hydrogen-bond acceptors (Lipinski definition) is 6. The number of methoxy groups -OCH3 is 1. The largest absolute Gasteiger partial charge is 0.496 e. The third-order valence-electron chi connectivity index (χ3n) is 5.49. The molecule has 0 saturated carbocycles. The van der Waals surface area contributed by atoms with Gasteiger partial charge >= 0.3 is 6.09 Å². The van der Waals surface area contributed by atoms with Gasteiger partial charge in [-0.2, -0.15) is 0 Å². The summed E-state index contributed by atoms with van der Waals surface area (Å²) in [7, 11) is 1.57. The fourth-order valence-corrected chi connectivity index (χ4v) is 3.66. The molecule has 1 saturated heterocycles. The van der Waals surface area contributed by atoms with Crippen LogP contribution < -0.4 is 15.4 Å². The minimum absolute atomic E-state index is 0.0867. The Kier molecular flexibility index (Phi) is 8.01. The average molecular weight is 453 g/mol. The topological polar surface area (TPSA) is 114 Å². The van der Waals surface area contributed by atoms with Crippen molar-refractivity contribution in [3.05, 3.63) is 64.7 Å². The van der Waals surface area contributed by atoms with E-state index in [-0.39, 0.29) is 32.0 Å². The molecule has 2 aromatic carbocycles. The zero-order valence-electron chi connectivity index (χ0n) is 18.6. The van der Waals surface area contributed by atoms with E-state index < -0.39 is 18.0 Å². The molecule has 174 valence electrons. The minimum atomic E-state index is -0.672. The van der Waals surface area contributed by atoms with Crippen LogP contribution in [0.1, 0.15) is 35.1 Å². The molecule has 2 aromatic rings. The highest BCUT2D eigenvalue weighted by molar-refractivity contribution is 6.00. The number of hydrogen-bond donors (Lipinski definition) is 2. The smallest absolute Gasteiger partial charge is 0.407 e. The van der Waals surface area contributed by atoms with Gasteiger partial charge in [0.2, 0.25) is 18.2 Å². The lowest BCUT2D eigenvalue weighted by Crippen LogP contribution is -2.51. The summed E-state index contributed by atoms with van der Waals surface area (Å²) in [5.41, 5.74) is 3.39. The average Bonchev–Trinajstić information content (AvgIpc) is 2.81. The molecular weight excluding hydrogens is 426 g/mol. The molecule has 1 heterocycles. The number of carbonyl (C=O) groups is 4. The van der Waals surface area contributed by atoms with Crippen molar-refractivity contribution in [1.29, 1.82) is 0 Å². The Labute approximate surface area is 192 Å². The number of ether oxygens (including phenoxy) is 2. The van der Waals surface area contributed by atoms with Gasteiger partial charge in [-0.15, -0.1) is 0 Å². The van der Waals surface area contributed by atoms with Gasteiger partial charge in [0.05, 0.1) is 7.11 Å². The summed E-state index contributed by atoms with van der Waals surface area (Å²) in [5, 5.41) is 4.97. The van der Waals surface area contributed by atoms with Gasteiger partial charge in [-0.3, -0.25) is 19.7 Å². The molecule has 33 heavy (non-hydrogen) atoms. The Morgan fingerprint density at radius 2 is 2.00 bits per heavy atom. The van der Waals surface area contributed by atoms with Gasteiger partial charge in [-0.05, 0) is 36.1 Å². The highest BCUT2D eigenvalue weighted by Gasteiger charge is 2.31. The SMILES string of the molecule is COc1ccccc1CNC(=O)OCc1ccc(CN(C=O)C2CCC(=O)NC2=O)c(C)c1. The minimum Gasteiger partial charge on any atom is -0.496 e. The fraction of sp³-hybridized carbons (Fsp3) is 0.333. The van der Waals surface area contributed by atoms with Crippen LogP contribution in [-0.2, 0) is 38.8 Å². The van der Waals surface area contributed by atoms with Crippen LogP contribution in [-0.4, -0.2) is 42.4 Å². The zero-order chi connectivity index (χ0) is 23.8. The second-order valence-corrected chi connectivity index (χ2v) is 7.75. The van der Waals surface area contributed by atoms with E-state index in [4.69, 9.17) is 9.47 Å². The first-order chi connectivity index (χ1) is 15.9. The molecular formula is C24H27N3O6. The number of nitrogens with one attached hydrogen (secondary N) is 2. The van der Waals surface area contributed by atoms with Gasteiger partial charge in [0.25, 0.3) is 0 Å². The molecule has 0 bridgehead atoms. The van der Waals surface area contributed by atoms with Gasteiger partial charge in [-0.1, -0.05) is 36.4 Å². The molecule has 1 fully saturated rings. The monoisotopic (exact) mass is 453 g/mol. The number of para-hydroxylation sites is 1. The summed E-state index contributed by atoms with van der Waals surface area (Å²) in [6.45, 7) is 2.49. The normalized spacial score (nSPS) is 15.4. The number of rotatable bonds is 9. The summed E-state index contributed by atoms with van der Waals surface area (Å²) in [6.07, 6.45) is 0.586. The van der Waals surface area contributed by atoms with Crippen LogP contribution >= 0.6 is 0 Å². The third-order valence-corrected chi connectivity index (χ3v) is 5.49. The molecule has 1 aliphatic rings. The molecule has 0 aromatic heterocycles. The predicted octanol–water partition coefficient (Wildman–Crippen LogP) is 2.19. The summed E-state index contributed by atoms with van der Waals surface area (Å²) in [5.74, 6) is -0.0968. The van der Waals surface area contributed by atoms with Crippen molar-refractivity contribution >= 4 is 24.3 Å². The van der Waals surface area contributed by atoms with Crippen LogP contribution in [0.25, 0.3) is 0 Å². The molecule has 1 unspecified atom stereocenters. The maximum atomic E-state index is 12.1. The van der Waals surface area contributed by atoms with E-state index in [0.29, 0.717) is 18.6 Å². The van der Waals surface area contributed by atoms with E-state index in [1.165, 1.54) is 4.90 Å². The number of imide groups is 1. The van der Waals surface area contributed by atoms with Crippen LogP contribution in [0.2, 0.25) is 0 Å². The number of piperidine rings is 1. The molecule has 9 nitrogen and oxygen atoms in total. The molecule has 2 N–H and O–H groups in total. The first-order valence-corrected chi connectivity index (χ1v) is 10.6. The third kappa shape index (κ3) is 6.31. The van der Waals surface area contributed by atoms with Gasteiger partial charge < -0.3 is 19.7 Å². The molecule has 9 heteroatoms. The van der Waals surface area contributed by atoms with Crippen molar-refractivity contribution in [3.8, 4) is 5.75 Å². The predicted molar refractivity (Wildman–Crippen MR) is 119 cm³/mol. The lowest BCUT2D eigenvalue weighted by Gasteiger charge is -2.30. The van der Waals surface area contributed by atoms with Crippen molar-refractivity contribution < 1.29 is 28.7 Å². The highest BCUT2D eigenvalue weighted by atomic mass is 16.5. The van der Waals surface area contributed by atoms with E-state index in [0.717, 1.165) is 22.3 Å². The van der Waals surface area contributed by atoms with E-state index in [1.54, 1.807) is 7.11 Å². The molecule has 4 amide bonds. The van der Waals surface area contributed by atoms with Crippen LogP contribution in [0.3, 0.4) is 0 Å². The van der Waals surface area contributed by atoms with Crippen LogP contribution in [0.4, 0.5) is 4.79 Å². The second kappa shape index (κ2) is 11.1. The van der Waals surface area contributed by atoms with Gasteiger partial charge in [-0.25, -0.2) is 4.79 Å². The molecule has 1 atom stereocenters. The van der Waals surface area contributed by atoms with Crippen molar-refractivity contribution in [3.63, 3.8) is 0 Å². The molecule has 0 spiro atoms. The Balaban J connectivity index is 1.53. The Hall–Kier alpha value is -3.88. The van der Waals surface area contributed by atoms with Gasteiger partial charge in [0.1, 0.15) is 18.4 Å². The summed E-state index contributed by atoms with van der Waals surface area (Å²) in [6, 6.07) is 12.2. The Morgan fingerprint density at radius 3 is 2.70 bits per heavy atom. The van der Waals surface area contributed by atoms with Crippen LogP contribution in [0.5, 0.6) is 5.75 Å². The number of carbonyl (C=O) groups excluding carboxylic acids is 4. The van der Waals surface area contributed by atoms with Crippen LogP contribution in [0.15, 0.2) is 42.5 Å². The Morgan fingerprint density at radius 1 is 1.21 bits per heavy atom. The van der Waals surface area contributed by atoms with E-state index in [9.17, 15) is 19.2 Å². The molecule has 0 radical (unpaired) electrons. The van der Waals surface area contributed by atoms with Gasteiger partial charge in [0, 0.05) is 25.1 Å². The maximum Gasteiger partial charge on any atom is 0.407 e. The summed E-state index contributed by atoms with van der Waals surface area (Å²) in [4.78, 5) is 48.5. The quantitative estimate of drug-likeness (QED) is 0.444. The lowest BCUT2D eigenvalue weighted by atomic mass is 10.0. The van der Waals surface area contributed by atoms with E-state index in [1.807, 2.05) is 49.4 Å². The van der Waals surface area contributed by atoms with Gasteiger partial charge in [0.15, 0.2) is 0 Å². The Bertz CT molecular complexity index is 1040. The van der Waals surface area contributed by atoms with Crippen molar-refractivity contribution in [2.24, 2.45) is 0 Å². The first kappa shape index (κ1) is 23.8. The zero-order valence-corrected chi connectivity index (χ0v) is 18.6. The van der Waals surface area contributed by atoms with Crippen molar-refractivity contribution in [1.82, 2.24) is 15.5 Å². The molecule has 0 aliphatic carbocycles. The van der Waals surface area contributed by atoms with Crippen molar-refractivity contribution in [2.45, 2.75) is 45.5 Å². The second-order valence-electron chi connectivity index (χ2n) is 7.75. The number of alkyl carbamates (subject to hydrolysis) is 1. The van der Waals surface area contributed by atoms with E-state index >= 15 is 0 Å². The number of aryl methyl sites for hydroxylation is 1. The number of nitrogens with zero attached hydrogens (tertiary/aromatic N) is 1. The molecule has 1 aliphatic heterocycles. The number of amides is 4.